The Morgan fingerprint density at radius 3 is 0.731 bits per heavy atom. The highest BCUT2D eigenvalue weighted by atomic mass is 15.0. The molecule has 130 heavy (non-hydrogen) atoms. The van der Waals surface area contributed by atoms with Crippen molar-refractivity contribution >= 4 is 87.2 Å². The molecule has 624 valence electrons. The molecule has 6 nitrogen and oxygen atoms in total. The van der Waals surface area contributed by atoms with E-state index in [-0.39, 0.29) is 0 Å². The van der Waals surface area contributed by atoms with Gasteiger partial charge in [0.2, 0.25) is 0 Å². The average Bonchev–Trinajstić information content (AvgIpc) is 1.42. The molecule has 0 saturated heterocycles. The Balaban J connectivity index is 0.000000108. The molecule has 18 aromatic carbocycles. The molecule has 6 heteroatoms. The lowest BCUT2D eigenvalue weighted by Crippen LogP contribution is -2.01. The first-order valence-corrected chi connectivity index (χ1v) is 44.6. The van der Waals surface area contributed by atoms with Crippen LogP contribution in [0.5, 0.6) is 0 Å². The van der Waals surface area contributed by atoms with Crippen LogP contribution in [0.25, 0.3) is 177 Å². The number of fused-ring (bicyclic) bond motifs is 12. The van der Waals surface area contributed by atoms with Gasteiger partial charge in [-0.15, -0.1) is 0 Å². The van der Waals surface area contributed by atoms with Crippen molar-refractivity contribution in [3.8, 4) is 89.5 Å². The first kappa shape index (κ1) is 83.0. The normalized spacial score (nSPS) is 11.0. The lowest BCUT2D eigenvalue weighted by atomic mass is 9.76. The predicted octanol–water partition coefficient (Wildman–Crippen LogP) is 33.2. The van der Waals surface area contributed by atoms with E-state index in [1.54, 1.807) is 18.6 Å². The Morgan fingerprint density at radius 2 is 0.431 bits per heavy atom. The second-order valence-electron chi connectivity index (χ2n) is 33.1. The maximum absolute atomic E-state index is 3.88. The summed E-state index contributed by atoms with van der Waals surface area (Å²) in [5, 5.41) is 10.4. The van der Waals surface area contributed by atoms with Gasteiger partial charge in [0.1, 0.15) is 0 Å². The smallest absolute Gasteiger partial charge is 0.0541 e. The van der Waals surface area contributed by atoms with Crippen LogP contribution in [0.1, 0.15) is 33.4 Å². The van der Waals surface area contributed by atoms with Crippen LogP contribution in [0.4, 0.5) is 0 Å². The van der Waals surface area contributed by atoms with Crippen LogP contribution in [0.3, 0.4) is 0 Å². The molecule has 0 N–H and O–H groups in total. The van der Waals surface area contributed by atoms with Gasteiger partial charge in [0.05, 0.1) is 44.1 Å². The van der Waals surface area contributed by atoms with Crippen LogP contribution in [-0.4, -0.2) is 28.2 Å². The van der Waals surface area contributed by atoms with Crippen LogP contribution >= 0.6 is 0 Å². The number of pyridine rings is 2. The van der Waals surface area contributed by atoms with E-state index in [0.29, 0.717) is 0 Å². The molecule has 0 aliphatic carbocycles. The van der Waals surface area contributed by atoms with Crippen molar-refractivity contribution in [3.05, 3.63) is 519 Å². The minimum absolute atomic E-state index is 1.18. The summed E-state index contributed by atoms with van der Waals surface area (Å²) >= 11 is 0. The summed E-state index contributed by atoms with van der Waals surface area (Å²) in [6.07, 6.45) is 7.18. The molecule has 0 amide bonds. The minimum Gasteiger partial charge on any atom is -0.309 e. The molecule has 0 saturated carbocycles. The molecule has 0 aliphatic rings. The van der Waals surface area contributed by atoms with Crippen molar-refractivity contribution in [1.82, 2.24) is 28.2 Å². The molecular weight excluding hydrogens is 1570 g/mol. The number of benzene rings is 18. The highest BCUT2D eigenvalue weighted by Gasteiger charge is 2.27. The fourth-order valence-electron chi connectivity index (χ4n) is 18.6. The Labute approximate surface area is 760 Å². The van der Waals surface area contributed by atoms with Gasteiger partial charge in [-0.2, -0.15) is 0 Å². The maximum atomic E-state index is 3.88. The Kier molecular flexibility index (Phi) is 24.3. The molecule has 6 heterocycles. The molecular formula is C124H98N6. The second-order valence-corrected chi connectivity index (χ2v) is 33.1. The molecule has 24 aromatic rings. The third-order valence-corrected chi connectivity index (χ3v) is 24.3. The summed E-state index contributed by atoms with van der Waals surface area (Å²) in [6.45, 7) is 12.8. The molecule has 0 bridgehead atoms. The van der Waals surface area contributed by atoms with E-state index < -0.39 is 0 Å². The zero-order valence-corrected chi connectivity index (χ0v) is 73.9. The summed E-state index contributed by atoms with van der Waals surface area (Å²) in [6, 6.07) is 164. The van der Waals surface area contributed by atoms with Crippen molar-refractivity contribution in [1.29, 1.82) is 0 Å². The van der Waals surface area contributed by atoms with Gasteiger partial charge in [-0.1, -0.05) is 357 Å². The highest BCUT2D eigenvalue weighted by molar-refractivity contribution is 6.14. The van der Waals surface area contributed by atoms with E-state index in [1.807, 2.05) is 44.3 Å². The van der Waals surface area contributed by atoms with Crippen LogP contribution < -0.4 is 0 Å². The van der Waals surface area contributed by atoms with Gasteiger partial charge in [0.15, 0.2) is 0 Å². The summed E-state index contributed by atoms with van der Waals surface area (Å²) in [5.74, 6) is 0. The van der Waals surface area contributed by atoms with Gasteiger partial charge in [-0.25, -0.2) is 0 Å². The van der Waals surface area contributed by atoms with Crippen molar-refractivity contribution in [3.63, 3.8) is 0 Å². The summed E-state index contributed by atoms with van der Waals surface area (Å²) in [7, 11) is 0. The number of rotatable bonds is 10. The van der Waals surface area contributed by atoms with Crippen LogP contribution in [0, 0.1) is 41.5 Å². The third kappa shape index (κ3) is 17.2. The summed E-state index contributed by atoms with van der Waals surface area (Å²) in [5.41, 5.74) is 37.3. The van der Waals surface area contributed by atoms with Gasteiger partial charge >= 0.3 is 0 Å². The van der Waals surface area contributed by atoms with Crippen LogP contribution in [0.2, 0.25) is 0 Å². The van der Waals surface area contributed by atoms with Gasteiger partial charge < -0.3 is 18.3 Å². The van der Waals surface area contributed by atoms with Crippen molar-refractivity contribution in [2.24, 2.45) is 0 Å². The molecule has 0 spiro atoms. The van der Waals surface area contributed by atoms with Crippen molar-refractivity contribution < 1.29 is 0 Å². The van der Waals surface area contributed by atoms with Gasteiger partial charge in [-0.05, 0) is 245 Å². The topological polar surface area (TPSA) is 45.5 Å². The summed E-state index contributed by atoms with van der Waals surface area (Å²) in [4.78, 5) is 7.73. The lowest BCUT2D eigenvalue weighted by Gasteiger charge is -2.27. The minimum atomic E-state index is 1.18. The van der Waals surface area contributed by atoms with Crippen LogP contribution in [-0.2, 0) is 0 Å². The SMILES string of the molecule is Cc1c(-c2ccccc2)c(-c2ccccc2)c(-c2ccccc2)c(-c2ccccc2)c1-c1ccccc1.Cc1cc(-n2c3ccccc3c3ccccc32)cc(-n2c3ccccc3c3ccccc32)c1.Cc1cccc(-c2ccc(-n3c4ccccc4c4ccccc43)cc2)c1.Cc1cccc(-n2c3ccccc3c3ccccc32)c1.Cc1cccnc1.Cc1ccncc1. The number of para-hydroxylation sites is 8. The maximum Gasteiger partial charge on any atom is 0.0541 e. The molecule has 24 rings (SSSR count). The van der Waals surface area contributed by atoms with Gasteiger partial charge in [0, 0.05) is 90.6 Å². The number of hydrogen-bond acceptors (Lipinski definition) is 2. The van der Waals surface area contributed by atoms with Gasteiger partial charge in [0.25, 0.3) is 0 Å². The van der Waals surface area contributed by atoms with E-state index in [9.17, 15) is 0 Å². The quantitative estimate of drug-likeness (QED) is 0.137. The van der Waals surface area contributed by atoms with Crippen LogP contribution in [0.15, 0.2) is 486 Å². The number of aryl methyl sites for hydroxylation is 5. The molecule has 0 aliphatic heterocycles. The van der Waals surface area contributed by atoms with Gasteiger partial charge in [-0.3, -0.25) is 9.97 Å². The first-order valence-electron chi connectivity index (χ1n) is 44.6. The first-order chi connectivity index (χ1) is 64.1. The predicted molar refractivity (Wildman–Crippen MR) is 553 cm³/mol. The fourth-order valence-corrected chi connectivity index (χ4v) is 18.6. The van der Waals surface area contributed by atoms with E-state index in [4.69, 9.17) is 0 Å². The Bertz CT molecular complexity index is 7560. The fraction of sp³-hybridized carbons (Fsp3) is 0.0484. The van der Waals surface area contributed by atoms with Crippen molar-refractivity contribution in [2.75, 3.05) is 0 Å². The molecule has 0 fully saturated rings. The molecule has 0 radical (unpaired) electrons. The van der Waals surface area contributed by atoms with E-state index >= 15 is 0 Å². The number of hydrogen-bond donors (Lipinski definition) is 0. The lowest BCUT2D eigenvalue weighted by molar-refractivity contribution is 1.12. The van der Waals surface area contributed by atoms with Crippen molar-refractivity contribution in [2.45, 2.75) is 41.5 Å². The highest BCUT2D eigenvalue weighted by Crippen LogP contribution is 2.53. The van der Waals surface area contributed by atoms with E-state index in [1.165, 1.54) is 210 Å². The largest absolute Gasteiger partial charge is 0.309 e. The van der Waals surface area contributed by atoms with E-state index in [2.05, 4.69) is 493 Å². The monoisotopic (exact) mass is 1670 g/mol. The van der Waals surface area contributed by atoms with E-state index in [0.717, 1.165) is 0 Å². The number of nitrogens with zero attached hydrogens (tertiary/aromatic N) is 6. The zero-order chi connectivity index (χ0) is 88.2. The third-order valence-electron chi connectivity index (χ3n) is 24.3. The average molecular weight is 1670 g/mol. The Hall–Kier alpha value is -16.5. The zero-order valence-electron chi connectivity index (χ0n) is 73.9. The summed E-state index contributed by atoms with van der Waals surface area (Å²) < 4.78 is 9.49. The number of aromatic nitrogens is 6. The Morgan fingerprint density at radius 1 is 0.154 bits per heavy atom. The second kappa shape index (κ2) is 38.1. The molecule has 0 unspecified atom stereocenters. The molecule has 6 aromatic heterocycles. The molecule has 0 atom stereocenters. The standard InChI is InChI=1S/C37H28.C31H22N2.C25H19N.C19H15N.2C6H7N/c1-27-33(28-17-7-2-8-18-28)35(30-21-11-4-12-22-30)37(32-25-15-6-16-26-32)36(31-23-13-5-14-24-31)34(27)29-19-9-3-10-20-29;1-21-18-22(32-28-14-6-2-10-24(28)25-11-3-7-15-29(25)32)20-23(19-21)33-30-16-8-4-12-26(30)27-13-5-9-17-31(27)33;1-18-7-6-8-20(17-18)19-13-15-21(16-14-19)26-24-11-4-2-9-22(24)23-10-3-5-12-25(23)26;1-14-7-6-8-15(13-14)20-18-11-4-2-9-16(18)17-10-3-5-12-19(17)20;1-6-2-4-7-5-3-6;1-6-3-2-4-7-5-6/h2-26H,1H3;2-20H,1H3;2-17H,1H3;2-13H,1H3;2*2-5H,1H3.